The summed E-state index contributed by atoms with van der Waals surface area (Å²) in [5.74, 6) is -0.360. The first-order chi connectivity index (χ1) is 11.6. The molecule has 0 aromatic heterocycles. The summed E-state index contributed by atoms with van der Waals surface area (Å²) in [5, 5.41) is 5.95. The lowest BCUT2D eigenvalue weighted by Gasteiger charge is -2.23. The van der Waals surface area contributed by atoms with E-state index in [-0.39, 0.29) is 24.2 Å². The van der Waals surface area contributed by atoms with Gasteiger partial charge in [0.15, 0.2) is 0 Å². The quantitative estimate of drug-likeness (QED) is 0.854. The number of thioether (sulfide) groups is 1. The summed E-state index contributed by atoms with van der Waals surface area (Å²) in [7, 11) is 0. The SMILES string of the molecule is O=C(CC1CSCCN1)NC1CCN(c2c(F)cccc2F)C1=O. The first kappa shape index (κ1) is 17.2. The van der Waals surface area contributed by atoms with E-state index in [9.17, 15) is 18.4 Å². The van der Waals surface area contributed by atoms with Gasteiger partial charge in [-0.1, -0.05) is 6.07 Å². The molecule has 1 aromatic rings. The van der Waals surface area contributed by atoms with Crippen molar-refractivity contribution in [3.63, 3.8) is 0 Å². The van der Waals surface area contributed by atoms with Gasteiger partial charge in [0.25, 0.3) is 0 Å². The molecule has 2 atom stereocenters. The molecule has 1 aromatic carbocycles. The Labute approximate surface area is 143 Å². The van der Waals surface area contributed by atoms with Crippen LogP contribution >= 0.6 is 11.8 Å². The van der Waals surface area contributed by atoms with E-state index in [1.807, 2.05) is 0 Å². The number of hydrogen-bond acceptors (Lipinski definition) is 4. The first-order valence-corrected chi connectivity index (χ1v) is 9.07. The first-order valence-electron chi connectivity index (χ1n) is 7.92. The Balaban J connectivity index is 1.60. The van der Waals surface area contributed by atoms with E-state index in [1.54, 1.807) is 11.8 Å². The van der Waals surface area contributed by atoms with Gasteiger partial charge in [-0.2, -0.15) is 11.8 Å². The molecule has 24 heavy (non-hydrogen) atoms. The monoisotopic (exact) mass is 355 g/mol. The van der Waals surface area contributed by atoms with Gasteiger partial charge in [0.05, 0.1) is 0 Å². The van der Waals surface area contributed by atoms with Crippen molar-refractivity contribution in [2.24, 2.45) is 0 Å². The zero-order chi connectivity index (χ0) is 17.1. The smallest absolute Gasteiger partial charge is 0.249 e. The number of halogens is 2. The molecule has 2 saturated heterocycles. The highest BCUT2D eigenvalue weighted by Gasteiger charge is 2.36. The molecule has 0 radical (unpaired) electrons. The number of nitrogens with zero attached hydrogens (tertiary/aromatic N) is 1. The average molecular weight is 355 g/mol. The second-order valence-electron chi connectivity index (χ2n) is 5.90. The summed E-state index contributed by atoms with van der Waals surface area (Å²) in [6.07, 6.45) is 0.635. The summed E-state index contributed by atoms with van der Waals surface area (Å²) >= 11 is 1.79. The molecule has 2 unspecified atom stereocenters. The Hall–Kier alpha value is -1.67. The fraction of sp³-hybridized carbons (Fsp3) is 0.500. The Kier molecular flexibility index (Phi) is 5.35. The highest BCUT2D eigenvalue weighted by atomic mass is 32.2. The maximum absolute atomic E-state index is 13.8. The topological polar surface area (TPSA) is 61.4 Å². The third-order valence-electron chi connectivity index (χ3n) is 4.18. The lowest BCUT2D eigenvalue weighted by Crippen LogP contribution is -2.46. The molecule has 2 heterocycles. The fourth-order valence-electron chi connectivity index (χ4n) is 3.01. The molecule has 0 bridgehead atoms. The maximum atomic E-state index is 13.8. The predicted octanol–water partition coefficient (Wildman–Crippen LogP) is 1.28. The molecule has 3 rings (SSSR count). The van der Waals surface area contributed by atoms with Crippen LogP contribution in [0, 0.1) is 11.6 Å². The van der Waals surface area contributed by atoms with Gasteiger partial charge in [-0.25, -0.2) is 8.78 Å². The summed E-state index contributed by atoms with van der Waals surface area (Å²) < 4.78 is 27.7. The molecule has 0 spiro atoms. The van der Waals surface area contributed by atoms with Crippen molar-refractivity contribution in [2.75, 3.05) is 29.5 Å². The molecular formula is C16H19F2N3O2S. The molecule has 2 fully saturated rings. The highest BCUT2D eigenvalue weighted by Crippen LogP contribution is 2.27. The summed E-state index contributed by atoms with van der Waals surface area (Å²) in [5.41, 5.74) is -0.343. The Morgan fingerprint density at radius 1 is 1.38 bits per heavy atom. The Bertz CT molecular complexity index is 617. The van der Waals surface area contributed by atoms with Crippen LogP contribution in [0.4, 0.5) is 14.5 Å². The van der Waals surface area contributed by atoms with Crippen LogP contribution in [0.2, 0.25) is 0 Å². The van der Waals surface area contributed by atoms with E-state index in [0.29, 0.717) is 12.8 Å². The molecule has 2 aliphatic heterocycles. The van der Waals surface area contributed by atoms with Crippen LogP contribution in [0.3, 0.4) is 0 Å². The van der Waals surface area contributed by atoms with Crippen LogP contribution in [0.15, 0.2) is 18.2 Å². The van der Waals surface area contributed by atoms with Gasteiger partial charge in [-0.05, 0) is 18.6 Å². The molecule has 5 nitrogen and oxygen atoms in total. The Morgan fingerprint density at radius 3 is 2.79 bits per heavy atom. The van der Waals surface area contributed by atoms with Crippen LogP contribution in [-0.4, -0.2) is 48.5 Å². The van der Waals surface area contributed by atoms with Crippen molar-refractivity contribution in [3.8, 4) is 0 Å². The number of amides is 2. The lowest BCUT2D eigenvalue weighted by atomic mass is 10.2. The number of benzene rings is 1. The zero-order valence-electron chi connectivity index (χ0n) is 13.1. The van der Waals surface area contributed by atoms with E-state index in [0.717, 1.165) is 35.1 Å². The molecular weight excluding hydrogens is 336 g/mol. The van der Waals surface area contributed by atoms with Gasteiger partial charge >= 0.3 is 0 Å². The minimum Gasteiger partial charge on any atom is -0.344 e. The third kappa shape index (κ3) is 3.70. The summed E-state index contributed by atoms with van der Waals surface area (Å²) in [4.78, 5) is 25.6. The van der Waals surface area contributed by atoms with Crippen LogP contribution in [0.25, 0.3) is 0 Å². The largest absolute Gasteiger partial charge is 0.344 e. The second-order valence-corrected chi connectivity index (χ2v) is 7.05. The number of carbonyl (C=O) groups excluding carboxylic acids is 2. The third-order valence-corrected chi connectivity index (χ3v) is 5.31. The van der Waals surface area contributed by atoms with E-state index in [1.165, 1.54) is 6.07 Å². The van der Waals surface area contributed by atoms with E-state index >= 15 is 0 Å². The molecule has 2 amide bonds. The van der Waals surface area contributed by atoms with E-state index in [4.69, 9.17) is 0 Å². The van der Waals surface area contributed by atoms with E-state index < -0.39 is 23.6 Å². The molecule has 2 aliphatic rings. The van der Waals surface area contributed by atoms with Crippen molar-refractivity contribution >= 4 is 29.3 Å². The standard InChI is InChI=1S/C16H19F2N3O2S/c17-11-2-1-3-12(18)15(11)21-6-4-13(16(21)23)20-14(22)8-10-9-24-7-5-19-10/h1-3,10,13,19H,4-9H2,(H,20,22). The highest BCUT2D eigenvalue weighted by molar-refractivity contribution is 7.99. The van der Waals surface area contributed by atoms with Gasteiger partial charge in [0.1, 0.15) is 23.4 Å². The van der Waals surface area contributed by atoms with Gasteiger partial charge < -0.3 is 15.5 Å². The van der Waals surface area contributed by atoms with Crippen molar-refractivity contribution in [2.45, 2.75) is 24.9 Å². The average Bonchev–Trinajstić information content (AvgIpc) is 2.89. The number of anilines is 1. The summed E-state index contributed by atoms with van der Waals surface area (Å²) in [6.45, 7) is 1.05. The fourth-order valence-corrected chi connectivity index (χ4v) is 3.96. The van der Waals surface area contributed by atoms with Crippen molar-refractivity contribution in [1.82, 2.24) is 10.6 Å². The molecule has 0 saturated carbocycles. The van der Waals surface area contributed by atoms with E-state index in [2.05, 4.69) is 10.6 Å². The molecule has 130 valence electrons. The van der Waals surface area contributed by atoms with Gasteiger partial charge in [0.2, 0.25) is 11.8 Å². The van der Waals surface area contributed by atoms with Crippen LogP contribution < -0.4 is 15.5 Å². The lowest BCUT2D eigenvalue weighted by molar-refractivity contribution is -0.126. The van der Waals surface area contributed by atoms with Crippen molar-refractivity contribution in [1.29, 1.82) is 0 Å². The minimum absolute atomic E-state index is 0.0976. The van der Waals surface area contributed by atoms with Crippen molar-refractivity contribution < 1.29 is 18.4 Å². The normalized spacial score (nSPS) is 24.2. The van der Waals surface area contributed by atoms with Crippen molar-refractivity contribution in [3.05, 3.63) is 29.8 Å². The van der Waals surface area contributed by atoms with Crippen LogP contribution in [0.5, 0.6) is 0 Å². The van der Waals surface area contributed by atoms with Crippen LogP contribution in [0.1, 0.15) is 12.8 Å². The molecule has 8 heteroatoms. The molecule has 2 N–H and O–H groups in total. The minimum atomic E-state index is -0.779. The summed E-state index contributed by atoms with van der Waals surface area (Å²) in [6, 6.07) is 2.85. The van der Waals surface area contributed by atoms with Gasteiger partial charge in [-0.3, -0.25) is 9.59 Å². The predicted molar refractivity (Wildman–Crippen MR) is 89.0 cm³/mol. The Morgan fingerprint density at radius 2 is 2.12 bits per heavy atom. The second kappa shape index (κ2) is 7.48. The van der Waals surface area contributed by atoms with Gasteiger partial charge in [-0.15, -0.1) is 0 Å². The number of para-hydroxylation sites is 1. The van der Waals surface area contributed by atoms with Gasteiger partial charge in [0, 0.05) is 37.1 Å². The van der Waals surface area contributed by atoms with Crippen LogP contribution in [-0.2, 0) is 9.59 Å². The molecule has 0 aliphatic carbocycles. The number of carbonyl (C=O) groups is 2. The number of rotatable bonds is 4. The zero-order valence-corrected chi connectivity index (χ0v) is 13.9. The number of nitrogens with one attached hydrogen (secondary N) is 2. The number of hydrogen-bond donors (Lipinski definition) is 2. The maximum Gasteiger partial charge on any atom is 0.249 e.